The van der Waals surface area contributed by atoms with E-state index in [1.54, 1.807) is 41.0 Å². The topological polar surface area (TPSA) is 122 Å². The first-order chi connectivity index (χ1) is 14.0. The summed E-state index contributed by atoms with van der Waals surface area (Å²) >= 11 is 0. The largest absolute Gasteiger partial charge is 0.332 e. The molecule has 3 heterocycles. The number of H-pyrrole nitrogens is 1. The molecule has 0 fully saturated rings. The van der Waals surface area contributed by atoms with E-state index in [0.717, 1.165) is 5.69 Å². The maximum Gasteiger partial charge on any atom is 0.292 e. The zero-order chi connectivity index (χ0) is 20.5. The van der Waals surface area contributed by atoms with Gasteiger partial charge in [-0.15, -0.1) is 0 Å². The molecule has 0 unspecified atom stereocenters. The Morgan fingerprint density at radius 1 is 1.14 bits per heavy atom. The molecule has 1 aromatic carbocycles. The predicted octanol–water partition coefficient (Wildman–Crippen LogP) is 1.72. The SMILES string of the molecule is CCn1cc(C(=O)NNc2nc3ccccc3[nH]c2=O)c(=O)c2ccc(C)nc21. The molecule has 0 saturated carbocycles. The van der Waals surface area contributed by atoms with Gasteiger partial charge in [-0.25, -0.2) is 9.97 Å². The first-order valence-corrected chi connectivity index (χ1v) is 9.04. The van der Waals surface area contributed by atoms with Crippen LogP contribution in [0, 0.1) is 6.92 Å². The van der Waals surface area contributed by atoms with Gasteiger partial charge < -0.3 is 9.55 Å². The van der Waals surface area contributed by atoms with Gasteiger partial charge in [-0.05, 0) is 38.1 Å². The molecule has 0 spiro atoms. The number of amides is 1. The Balaban J connectivity index is 1.67. The Bertz CT molecular complexity index is 1370. The molecule has 0 atom stereocenters. The van der Waals surface area contributed by atoms with Gasteiger partial charge in [-0.1, -0.05) is 12.1 Å². The van der Waals surface area contributed by atoms with Crippen molar-refractivity contribution < 1.29 is 4.79 Å². The van der Waals surface area contributed by atoms with Crippen LogP contribution in [0.5, 0.6) is 0 Å². The molecule has 0 bridgehead atoms. The van der Waals surface area contributed by atoms with E-state index in [-0.39, 0.29) is 11.4 Å². The van der Waals surface area contributed by atoms with Crippen LogP contribution in [-0.2, 0) is 6.54 Å². The molecule has 0 aliphatic rings. The molecule has 0 aliphatic carbocycles. The lowest BCUT2D eigenvalue weighted by atomic mass is 10.1. The van der Waals surface area contributed by atoms with E-state index in [4.69, 9.17) is 0 Å². The van der Waals surface area contributed by atoms with Crippen LogP contribution < -0.4 is 21.8 Å². The predicted molar refractivity (Wildman–Crippen MR) is 110 cm³/mol. The van der Waals surface area contributed by atoms with Crippen molar-refractivity contribution in [3.05, 3.63) is 74.4 Å². The normalized spacial score (nSPS) is 11.0. The zero-order valence-electron chi connectivity index (χ0n) is 15.8. The van der Waals surface area contributed by atoms with Crippen LogP contribution in [-0.4, -0.2) is 25.4 Å². The van der Waals surface area contributed by atoms with Crippen LogP contribution in [0.2, 0.25) is 0 Å². The number of para-hydroxylation sites is 2. The van der Waals surface area contributed by atoms with Gasteiger partial charge in [0.05, 0.1) is 16.4 Å². The third kappa shape index (κ3) is 3.33. The fourth-order valence-corrected chi connectivity index (χ4v) is 3.06. The third-order valence-electron chi connectivity index (χ3n) is 4.54. The van der Waals surface area contributed by atoms with Crippen molar-refractivity contribution in [2.24, 2.45) is 0 Å². The van der Waals surface area contributed by atoms with Gasteiger partial charge in [0.25, 0.3) is 11.5 Å². The van der Waals surface area contributed by atoms with Crippen molar-refractivity contribution in [1.29, 1.82) is 0 Å². The molecule has 29 heavy (non-hydrogen) atoms. The number of fused-ring (bicyclic) bond motifs is 2. The lowest BCUT2D eigenvalue weighted by molar-refractivity contribution is 0.0961. The van der Waals surface area contributed by atoms with Crippen molar-refractivity contribution in [2.45, 2.75) is 20.4 Å². The van der Waals surface area contributed by atoms with Gasteiger partial charge in [-0.2, -0.15) is 0 Å². The molecule has 0 aliphatic heterocycles. The number of aromatic nitrogens is 4. The molecular weight excluding hydrogens is 372 g/mol. The number of hydrogen-bond donors (Lipinski definition) is 3. The number of pyridine rings is 2. The number of hydrazine groups is 1. The second-order valence-corrected chi connectivity index (χ2v) is 6.49. The van der Waals surface area contributed by atoms with E-state index in [0.29, 0.717) is 28.6 Å². The van der Waals surface area contributed by atoms with Crippen LogP contribution in [0.4, 0.5) is 5.82 Å². The summed E-state index contributed by atoms with van der Waals surface area (Å²) in [5.41, 5.74) is 6.35. The molecule has 4 rings (SSSR count). The van der Waals surface area contributed by atoms with Gasteiger partial charge in [0.2, 0.25) is 11.2 Å². The molecule has 4 aromatic rings. The van der Waals surface area contributed by atoms with E-state index < -0.39 is 16.9 Å². The fraction of sp³-hybridized carbons (Fsp3) is 0.150. The second-order valence-electron chi connectivity index (χ2n) is 6.49. The van der Waals surface area contributed by atoms with Crippen LogP contribution in [0.15, 0.2) is 52.2 Å². The average molecular weight is 390 g/mol. The minimum Gasteiger partial charge on any atom is -0.332 e. The van der Waals surface area contributed by atoms with E-state index in [1.807, 2.05) is 13.8 Å². The van der Waals surface area contributed by atoms with Crippen molar-refractivity contribution in [3.8, 4) is 0 Å². The summed E-state index contributed by atoms with van der Waals surface area (Å²) in [6, 6.07) is 10.4. The summed E-state index contributed by atoms with van der Waals surface area (Å²) in [6.07, 6.45) is 1.46. The number of carbonyl (C=O) groups excluding carboxylic acids is 1. The van der Waals surface area contributed by atoms with E-state index >= 15 is 0 Å². The van der Waals surface area contributed by atoms with Crippen LogP contribution >= 0.6 is 0 Å². The monoisotopic (exact) mass is 390 g/mol. The highest BCUT2D eigenvalue weighted by Crippen LogP contribution is 2.11. The zero-order valence-corrected chi connectivity index (χ0v) is 15.8. The van der Waals surface area contributed by atoms with E-state index in [2.05, 4.69) is 25.8 Å². The molecule has 3 N–H and O–H groups in total. The lowest BCUT2D eigenvalue weighted by Gasteiger charge is -2.12. The molecule has 0 radical (unpaired) electrons. The Hall–Kier alpha value is -4.01. The Morgan fingerprint density at radius 3 is 2.72 bits per heavy atom. The molecule has 9 nitrogen and oxygen atoms in total. The van der Waals surface area contributed by atoms with Gasteiger partial charge in [0.15, 0.2) is 0 Å². The minimum atomic E-state index is -0.672. The van der Waals surface area contributed by atoms with Gasteiger partial charge in [0.1, 0.15) is 11.2 Å². The Kier molecular flexibility index (Phi) is 4.55. The highest BCUT2D eigenvalue weighted by atomic mass is 16.2. The number of aromatic amines is 1. The number of hydrogen-bond acceptors (Lipinski definition) is 6. The molecule has 3 aromatic heterocycles. The highest BCUT2D eigenvalue weighted by molar-refractivity contribution is 5.97. The number of nitrogens with one attached hydrogen (secondary N) is 3. The Morgan fingerprint density at radius 2 is 1.93 bits per heavy atom. The van der Waals surface area contributed by atoms with Crippen molar-refractivity contribution in [1.82, 2.24) is 24.9 Å². The van der Waals surface area contributed by atoms with Crippen LogP contribution in [0.3, 0.4) is 0 Å². The van der Waals surface area contributed by atoms with Crippen molar-refractivity contribution >= 4 is 33.8 Å². The summed E-state index contributed by atoms with van der Waals surface area (Å²) in [7, 11) is 0. The average Bonchev–Trinajstić information content (AvgIpc) is 2.72. The van der Waals surface area contributed by atoms with Gasteiger partial charge >= 0.3 is 0 Å². The van der Waals surface area contributed by atoms with E-state index in [9.17, 15) is 14.4 Å². The molecule has 0 saturated heterocycles. The third-order valence-corrected chi connectivity index (χ3v) is 4.54. The summed E-state index contributed by atoms with van der Waals surface area (Å²) in [5.74, 6) is -0.750. The smallest absolute Gasteiger partial charge is 0.292 e. The van der Waals surface area contributed by atoms with Crippen LogP contribution in [0.1, 0.15) is 23.0 Å². The fourth-order valence-electron chi connectivity index (χ4n) is 3.06. The summed E-state index contributed by atoms with van der Waals surface area (Å²) in [4.78, 5) is 48.8. The summed E-state index contributed by atoms with van der Waals surface area (Å²) < 4.78 is 1.74. The number of rotatable bonds is 4. The number of anilines is 1. The Labute approximate surface area is 164 Å². The van der Waals surface area contributed by atoms with E-state index in [1.165, 1.54) is 6.20 Å². The number of benzene rings is 1. The molecule has 1 amide bonds. The highest BCUT2D eigenvalue weighted by Gasteiger charge is 2.16. The molecule has 9 heteroatoms. The van der Waals surface area contributed by atoms with Crippen molar-refractivity contribution in [2.75, 3.05) is 5.43 Å². The molecular formula is C20H18N6O3. The number of nitrogens with zero attached hydrogens (tertiary/aromatic N) is 3. The maximum absolute atomic E-state index is 12.8. The quantitative estimate of drug-likeness (QED) is 0.456. The number of carbonyl (C=O) groups is 1. The first kappa shape index (κ1) is 18.4. The summed E-state index contributed by atoms with van der Waals surface area (Å²) in [5, 5.41) is 0.353. The summed E-state index contributed by atoms with van der Waals surface area (Å²) in [6.45, 7) is 4.27. The molecule has 146 valence electrons. The number of aryl methyl sites for hydroxylation is 2. The first-order valence-electron chi connectivity index (χ1n) is 9.04. The lowest BCUT2D eigenvalue weighted by Crippen LogP contribution is -2.36. The van der Waals surface area contributed by atoms with Crippen LogP contribution in [0.25, 0.3) is 22.1 Å². The standard InChI is InChI=1S/C20H18N6O3/c1-3-26-10-13(16(27)12-9-8-11(2)21-18(12)26)19(28)25-24-17-20(29)23-15-7-5-4-6-14(15)22-17/h4-10H,3H2,1-2H3,(H,22,24)(H,23,29)(H,25,28). The van der Waals surface area contributed by atoms with Crippen molar-refractivity contribution in [3.63, 3.8) is 0 Å². The van der Waals surface area contributed by atoms with Gasteiger partial charge in [-0.3, -0.25) is 25.2 Å². The minimum absolute atomic E-state index is 0.0604. The maximum atomic E-state index is 12.8. The second kappa shape index (κ2) is 7.19. The van der Waals surface area contributed by atoms with Gasteiger partial charge in [0, 0.05) is 18.4 Å².